The molecule has 0 fully saturated rings. The lowest BCUT2D eigenvalue weighted by atomic mass is 10.1. The van der Waals surface area contributed by atoms with Crippen LogP contribution in [0.4, 0.5) is 0 Å². The Morgan fingerprint density at radius 2 is 1.06 bits per heavy atom. The van der Waals surface area contributed by atoms with E-state index in [2.05, 4.69) is 10.6 Å². The van der Waals surface area contributed by atoms with E-state index in [1.807, 2.05) is 6.92 Å². The Morgan fingerprint density at radius 1 is 0.667 bits per heavy atom. The zero-order valence-electron chi connectivity index (χ0n) is 22.0. The molecule has 1 unspecified atom stereocenters. The molecule has 0 bridgehead atoms. The first kappa shape index (κ1) is 28.4. The number of rotatable bonds is 14. The molecule has 2 amide bonds. The van der Waals surface area contributed by atoms with Crippen LogP contribution in [-0.2, 0) is 0 Å². The molecule has 10 heteroatoms. The standard InChI is InChI=1S/C26H36N2O8/c1-16(15-28-26(30)18-13-21(33-4)24(36-7)22(14-18)34-5)9-8-10-27-25(29)17-11-19(31-2)23(35-6)20(12-17)32-3/h11-14,16H,8-10,15H2,1-7H3,(H,27,29)(H,28,30). The Labute approximate surface area is 212 Å². The van der Waals surface area contributed by atoms with Crippen LogP contribution in [0.1, 0.15) is 40.5 Å². The SMILES string of the molecule is COc1cc(C(=O)NCCCC(C)CNC(=O)c2cc(OC)c(OC)c(OC)c2)cc(OC)c1OC. The van der Waals surface area contributed by atoms with Crippen molar-refractivity contribution >= 4 is 11.8 Å². The minimum Gasteiger partial charge on any atom is -0.493 e. The summed E-state index contributed by atoms with van der Waals surface area (Å²) in [6.45, 7) is 3.01. The van der Waals surface area contributed by atoms with Gasteiger partial charge in [0, 0.05) is 24.2 Å². The highest BCUT2D eigenvalue weighted by molar-refractivity contribution is 5.96. The molecule has 0 aliphatic rings. The summed E-state index contributed by atoms with van der Waals surface area (Å²) in [4.78, 5) is 25.3. The molecule has 2 aromatic carbocycles. The number of carbonyl (C=O) groups is 2. The Morgan fingerprint density at radius 3 is 1.42 bits per heavy atom. The highest BCUT2D eigenvalue weighted by atomic mass is 16.5. The molecule has 0 aliphatic heterocycles. The fourth-order valence-electron chi connectivity index (χ4n) is 3.65. The quantitative estimate of drug-likeness (QED) is 0.377. The maximum absolute atomic E-state index is 12.7. The van der Waals surface area contributed by atoms with Crippen molar-refractivity contribution in [1.82, 2.24) is 10.6 Å². The highest BCUT2D eigenvalue weighted by Crippen LogP contribution is 2.39. The lowest BCUT2D eigenvalue weighted by Crippen LogP contribution is -2.29. The third kappa shape index (κ3) is 7.10. The van der Waals surface area contributed by atoms with Crippen molar-refractivity contribution in [3.63, 3.8) is 0 Å². The predicted octanol–water partition coefficient (Wildman–Crippen LogP) is 3.31. The Bertz CT molecular complexity index is 991. The van der Waals surface area contributed by atoms with E-state index in [4.69, 9.17) is 28.4 Å². The molecular formula is C26H36N2O8. The number of amides is 2. The summed E-state index contributed by atoms with van der Waals surface area (Å²) in [6, 6.07) is 6.44. The maximum Gasteiger partial charge on any atom is 0.251 e. The monoisotopic (exact) mass is 504 g/mol. The molecule has 2 N–H and O–H groups in total. The van der Waals surface area contributed by atoms with Crippen molar-refractivity contribution in [3.8, 4) is 34.5 Å². The van der Waals surface area contributed by atoms with Gasteiger partial charge in [-0.2, -0.15) is 0 Å². The number of nitrogens with one attached hydrogen (secondary N) is 2. The van der Waals surface area contributed by atoms with Gasteiger partial charge < -0.3 is 39.1 Å². The molecule has 0 saturated heterocycles. The molecule has 0 aromatic heterocycles. The Balaban J connectivity index is 1.85. The first-order valence-electron chi connectivity index (χ1n) is 11.5. The minimum absolute atomic E-state index is 0.203. The van der Waals surface area contributed by atoms with Crippen molar-refractivity contribution in [1.29, 1.82) is 0 Å². The lowest BCUT2D eigenvalue weighted by Gasteiger charge is -2.16. The van der Waals surface area contributed by atoms with Gasteiger partial charge in [-0.1, -0.05) is 6.92 Å². The van der Waals surface area contributed by atoms with Crippen LogP contribution in [0.15, 0.2) is 24.3 Å². The zero-order chi connectivity index (χ0) is 26.7. The number of carbonyl (C=O) groups excluding carboxylic acids is 2. The van der Waals surface area contributed by atoms with Gasteiger partial charge >= 0.3 is 0 Å². The topological polar surface area (TPSA) is 114 Å². The average Bonchev–Trinajstić information content (AvgIpc) is 2.91. The van der Waals surface area contributed by atoms with Crippen LogP contribution >= 0.6 is 0 Å². The second-order valence-electron chi connectivity index (χ2n) is 8.04. The van der Waals surface area contributed by atoms with Gasteiger partial charge in [-0.25, -0.2) is 0 Å². The number of benzene rings is 2. The first-order chi connectivity index (χ1) is 17.3. The van der Waals surface area contributed by atoms with Gasteiger partial charge in [-0.05, 0) is 43.0 Å². The van der Waals surface area contributed by atoms with Crippen LogP contribution in [-0.4, -0.2) is 67.6 Å². The average molecular weight is 505 g/mol. The Kier molecular flexibility index (Phi) is 11.0. The largest absolute Gasteiger partial charge is 0.493 e. The number of hydrogen-bond donors (Lipinski definition) is 2. The van der Waals surface area contributed by atoms with Crippen molar-refractivity contribution < 1.29 is 38.0 Å². The molecule has 198 valence electrons. The van der Waals surface area contributed by atoms with Crippen LogP contribution in [0, 0.1) is 5.92 Å². The molecule has 0 saturated carbocycles. The number of methoxy groups -OCH3 is 6. The van der Waals surface area contributed by atoms with Gasteiger partial charge in [0.05, 0.1) is 42.7 Å². The van der Waals surface area contributed by atoms with E-state index >= 15 is 0 Å². The molecule has 10 nitrogen and oxygen atoms in total. The zero-order valence-corrected chi connectivity index (χ0v) is 22.0. The van der Waals surface area contributed by atoms with E-state index in [-0.39, 0.29) is 17.7 Å². The smallest absolute Gasteiger partial charge is 0.251 e. The highest BCUT2D eigenvalue weighted by Gasteiger charge is 2.18. The van der Waals surface area contributed by atoms with Crippen LogP contribution in [0.2, 0.25) is 0 Å². The number of hydrogen-bond acceptors (Lipinski definition) is 8. The van der Waals surface area contributed by atoms with E-state index < -0.39 is 0 Å². The summed E-state index contributed by atoms with van der Waals surface area (Å²) in [6.07, 6.45) is 1.56. The van der Waals surface area contributed by atoms with E-state index in [1.165, 1.54) is 42.7 Å². The first-order valence-corrected chi connectivity index (χ1v) is 11.5. The van der Waals surface area contributed by atoms with E-state index in [0.29, 0.717) is 58.7 Å². The summed E-state index contributed by atoms with van der Waals surface area (Å²) in [5, 5.41) is 5.84. The molecule has 0 spiro atoms. The Hall–Kier alpha value is -3.82. The second kappa shape index (κ2) is 13.9. The minimum atomic E-state index is -0.239. The van der Waals surface area contributed by atoms with Gasteiger partial charge in [0.15, 0.2) is 23.0 Å². The van der Waals surface area contributed by atoms with Crippen molar-refractivity contribution in [3.05, 3.63) is 35.4 Å². The molecule has 2 aromatic rings. The lowest BCUT2D eigenvalue weighted by molar-refractivity contribution is 0.0944. The van der Waals surface area contributed by atoms with Gasteiger partial charge in [0.25, 0.3) is 11.8 Å². The third-order valence-corrected chi connectivity index (χ3v) is 5.62. The maximum atomic E-state index is 12.7. The molecule has 2 rings (SSSR count). The summed E-state index contributed by atoms with van der Waals surface area (Å²) in [5.41, 5.74) is 0.824. The van der Waals surface area contributed by atoms with Crippen LogP contribution < -0.4 is 39.1 Å². The summed E-state index contributed by atoms with van der Waals surface area (Å²) in [7, 11) is 9.02. The van der Waals surface area contributed by atoms with Crippen LogP contribution in [0.3, 0.4) is 0 Å². The third-order valence-electron chi connectivity index (χ3n) is 5.62. The second-order valence-corrected chi connectivity index (χ2v) is 8.04. The molecule has 0 heterocycles. The molecule has 0 radical (unpaired) electrons. The predicted molar refractivity (Wildman–Crippen MR) is 135 cm³/mol. The van der Waals surface area contributed by atoms with Crippen LogP contribution in [0.5, 0.6) is 34.5 Å². The van der Waals surface area contributed by atoms with Crippen molar-refractivity contribution in [2.75, 3.05) is 55.7 Å². The fraction of sp³-hybridized carbons (Fsp3) is 0.462. The molecular weight excluding hydrogens is 468 g/mol. The molecule has 0 aliphatic carbocycles. The summed E-state index contributed by atoms with van der Waals surface area (Å²) in [5.74, 6) is 2.24. The van der Waals surface area contributed by atoms with Gasteiger partial charge in [0.2, 0.25) is 11.5 Å². The van der Waals surface area contributed by atoms with Crippen molar-refractivity contribution in [2.45, 2.75) is 19.8 Å². The van der Waals surface area contributed by atoms with Crippen molar-refractivity contribution in [2.24, 2.45) is 5.92 Å². The number of ether oxygens (including phenoxy) is 6. The normalized spacial score (nSPS) is 11.2. The molecule has 36 heavy (non-hydrogen) atoms. The van der Waals surface area contributed by atoms with E-state index in [0.717, 1.165) is 12.8 Å². The van der Waals surface area contributed by atoms with E-state index in [1.54, 1.807) is 24.3 Å². The summed E-state index contributed by atoms with van der Waals surface area (Å²) < 4.78 is 31.8. The van der Waals surface area contributed by atoms with Gasteiger partial charge in [-0.15, -0.1) is 0 Å². The van der Waals surface area contributed by atoms with Crippen LogP contribution in [0.25, 0.3) is 0 Å². The molecule has 1 atom stereocenters. The van der Waals surface area contributed by atoms with Gasteiger partial charge in [-0.3, -0.25) is 9.59 Å². The van der Waals surface area contributed by atoms with E-state index in [9.17, 15) is 9.59 Å². The van der Waals surface area contributed by atoms with Gasteiger partial charge in [0.1, 0.15) is 0 Å². The summed E-state index contributed by atoms with van der Waals surface area (Å²) >= 11 is 0. The fourth-order valence-corrected chi connectivity index (χ4v) is 3.65.